The molecule has 3 N–H and O–H groups in total. The van der Waals surface area contributed by atoms with Gasteiger partial charge in [-0.2, -0.15) is 0 Å². The minimum absolute atomic E-state index is 0.0404. The molecule has 2 aromatic carbocycles. The normalized spacial score (nSPS) is 10.9. The van der Waals surface area contributed by atoms with Crippen molar-refractivity contribution >= 4 is 11.0 Å². The summed E-state index contributed by atoms with van der Waals surface area (Å²) in [5, 5.41) is 29.3. The van der Waals surface area contributed by atoms with E-state index in [0.717, 1.165) is 0 Å². The lowest BCUT2D eigenvalue weighted by Crippen LogP contribution is -2.05. The van der Waals surface area contributed by atoms with Gasteiger partial charge in [0.05, 0.1) is 10.9 Å². The number of hydrogen-bond acceptors (Lipinski definition) is 5. The molecule has 0 aliphatic rings. The van der Waals surface area contributed by atoms with Crippen LogP contribution in [-0.4, -0.2) is 15.3 Å². The van der Waals surface area contributed by atoms with Gasteiger partial charge in [-0.3, -0.25) is 4.79 Å². The Hall–Kier alpha value is -2.95. The zero-order chi connectivity index (χ0) is 15.1. The molecular weight excluding hydrogens is 272 g/mol. The number of fused-ring (bicyclic) bond motifs is 1. The maximum absolute atomic E-state index is 12.5. The van der Waals surface area contributed by atoms with Gasteiger partial charge >= 0.3 is 0 Å². The lowest BCUT2D eigenvalue weighted by molar-refractivity contribution is 0.405. The number of hydrogen-bond donors (Lipinski definition) is 3. The molecule has 3 rings (SSSR count). The molecule has 0 atom stereocenters. The van der Waals surface area contributed by atoms with E-state index in [1.54, 1.807) is 6.92 Å². The Balaban J connectivity index is 2.36. The SMILES string of the molecule is Cc1c(O)ccc2c(=O)c(-c3cccc(O)c3O)coc12. The number of aryl methyl sites for hydroxylation is 1. The Labute approximate surface area is 119 Å². The minimum Gasteiger partial charge on any atom is -0.508 e. The predicted octanol–water partition coefficient (Wildman–Crippen LogP) is 2.89. The van der Waals surface area contributed by atoms with E-state index in [9.17, 15) is 20.1 Å². The summed E-state index contributed by atoms with van der Waals surface area (Å²) in [6, 6.07) is 7.24. The van der Waals surface area contributed by atoms with Gasteiger partial charge in [-0.15, -0.1) is 0 Å². The van der Waals surface area contributed by atoms with Crippen LogP contribution in [0.15, 0.2) is 45.8 Å². The third-order valence-corrected chi connectivity index (χ3v) is 3.47. The summed E-state index contributed by atoms with van der Waals surface area (Å²) in [6.45, 7) is 1.64. The molecule has 0 saturated carbocycles. The lowest BCUT2D eigenvalue weighted by atomic mass is 10.0. The molecule has 0 saturated heterocycles. The van der Waals surface area contributed by atoms with Crippen LogP contribution in [0.2, 0.25) is 0 Å². The predicted molar refractivity (Wildman–Crippen MR) is 77.7 cm³/mol. The molecule has 3 aromatic rings. The van der Waals surface area contributed by atoms with E-state index < -0.39 is 0 Å². The van der Waals surface area contributed by atoms with Crippen LogP contribution in [0.5, 0.6) is 17.2 Å². The minimum atomic E-state index is -0.375. The number of para-hydroxylation sites is 1. The summed E-state index contributed by atoms with van der Waals surface area (Å²) in [4.78, 5) is 12.5. The van der Waals surface area contributed by atoms with Gasteiger partial charge in [-0.25, -0.2) is 0 Å². The van der Waals surface area contributed by atoms with Crippen molar-refractivity contribution in [1.29, 1.82) is 0 Å². The first-order valence-corrected chi connectivity index (χ1v) is 6.26. The smallest absolute Gasteiger partial charge is 0.200 e. The van der Waals surface area contributed by atoms with Crippen LogP contribution in [0.1, 0.15) is 5.56 Å². The molecule has 0 aliphatic carbocycles. The van der Waals surface area contributed by atoms with Crippen molar-refractivity contribution in [3.8, 4) is 28.4 Å². The van der Waals surface area contributed by atoms with Gasteiger partial charge in [0.15, 0.2) is 11.5 Å². The average molecular weight is 284 g/mol. The van der Waals surface area contributed by atoms with E-state index in [0.29, 0.717) is 16.5 Å². The monoisotopic (exact) mass is 284 g/mol. The Morgan fingerprint density at radius 2 is 1.71 bits per heavy atom. The Morgan fingerprint density at radius 3 is 2.48 bits per heavy atom. The van der Waals surface area contributed by atoms with Crippen molar-refractivity contribution < 1.29 is 19.7 Å². The zero-order valence-electron chi connectivity index (χ0n) is 11.1. The van der Waals surface area contributed by atoms with Gasteiger partial charge in [-0.05, 0) is 25.1 Å². The summed E-state index contributed by atoms with van der Waals surface area (Å²) in [5.74, 6) is -0.646. The molecule has 106 valence electrons. The first kappa shape index (κ1) is 13.1. The molecule has 0 spiro atoms. The second kappa shape index (κ2) is 4.56. The summed E-state index contributed by atoms with van der Waals surface area (Å²) in [6.07, 6.45) is 1.21. The molecule has 0 unspecified atom stereocenters. The Morgan fingerprint density at radius 1 is 0.952 bits per heavy atom. The number of phenols is 3. The molecule has 0 amide bonds. The molecular formula is C16H12O5. The topological polar surface area (TPSA) is 90.9 Å². The van der Waals surface area contributed by atoms with E-state index in [1.807, 2.05) is 0 Å². The van der Waals surface area contributed by atoms with Crippen molar-refractivity contribution in [2.45, 2.75) is 6.92 Å². The lowest BCUT2D eigenvalue weighted by Gasteiger charge is -2.08. The third-order valence-electron chi connectivity index (χ3n) is 3.47. The molecule has 1 heterocycles. The third kappa shape index (κ3) is 1.90. The molecule has 0 aliphatic heterocycles. The summed E-state index contributed by atoms with van der Waals surface area (Å²) in [7, 11) is 0. The van der Waals surface area contributed by atoms with Gasteiger partial charge in [0.1, 0.15) is 17.6 Å². The van der Waals surface area contributed by atoms with Crippen molar-refractivity contribution in [1.82, 2.24) is 0 Å². The number of benzene rings is 2. The molecule has 0 radical (unpaired) electrons. The van der Waals surface area contributed by atoms with Crippen molar-refractivity contribution in [2.24, 2.45) is 0 Å². The second-order valence-corrected chi connectivity index (χ2v) is 4.74. The molecule has 5 nitrogen and oxygen atoms in total. The molecule has 5 heteroatoms. The van der Waals surface area contributed by atoms with Crippen molar-refractivity contribution in [3.05, 3.63) is 52.4 Å². The van der Waals surface area contributed by atoms with Crippen LogP contribution >= 0.6 is 0 Å². The molecule has 1 aromatic heterocycles. The first-order valence-electron chi connectivity index (χ1n) is 6.26. The maximum atomic E-state index is 12.5. The zero-order valence-corrected chi connectivity index (χ0v) is 11.1. The second-order valence-electron chi connectivity index (χ2n) is 4.74. The van der Waals surface area contributed by atoms with Crippen molar-refractivity contribution in [2.75, 3.05) is 0 Å². The highest BCUT2D eigenvalue weighted by Gasteiger charge is 2.16. The van der Waals surface area contributed by atoms with Crippen LogP contribution in [0.25, 0.3) is 22.1 Å². The number of rotatable bonds is 1. The largest absolute Gasteiger partial charge is 0.508 e. The van der Waals surface area contributed by atoms with Gasteiger partial charge in [0.25, 0.3) is 0 Å². The summed E-state index contributed by atoms with van der Waals surface area (Å²) >= 11 is 0. The maximum Gasteiger partial charge on any atom is 0.200 e. The van der Waals surface area contributed by atoms with Gasteiger partial charge < -0.3 is 19.7 Å². The van der Waals surface area contributed by atoms with Crippen molar-refractivity contribution in [3.63, 3.8) is 0 Å². The van der Waals surface area contributed by atoms with E-state index in [-0.39, 0.29) is 33.8 Å². The highest BCUT2D eigenvalue weighted by atomic mass is 16.3. The summed E-state index contributed by atoms with van der Waals surface area (Å²) < 4.78 is 5.43. The fourth-order valence-electron chi connectivity index (χ4n) is 2.26. The van der Waals surface area contributed by atoms with Crippen LogP contribution in [0, 0.1) is 6.92 Å². The van der Waals surface area contributed by atoms with Crippen LogP contribution in [-0.2, 0) is 0 Å². The van der Waals surface area contributed by atoms with Gasteiger partial charge in [0.2, 0.25) is 5.43 Å². The summed E-state index contributed by atoms with van der Waals surface area (Å²) in [5.41, 5.74) is 0.747. The Bertz CT molecular complexity index is 908. The molecule has 21 heavy (non-hydrogen) atoms. The number of phenolic OH excluding ortho intramolecular Hbond substituents is 3. The highest BCUT2D eigenvalue weighted by Crippen LogP contribution is 2.35. The fourth-order valence-corrected chi connectivity index (χ4v) is 2.26. The Kier molecular flexibility index (Phi) is 2.83. The van der Waals surface area contributed by atoms with E-state index in [1.165, 1.54) is 36.6 Å². The molecule has 0 bridgehead atoms. The van der Waals surface area contributed by atoms with E-state index in [4.69, 9.17) is 4.42 Å². The first-order chi connectivity index (χ1) is 10.0. The van der Waals surface area contributed by atoms with Crippen LogP contribution < -0.4 is 5.43 Å². The quantitative estimate of drug-likeness (QED) is 0.598. The highest BCUT2D eigenvalue weighted by molar-refractivity contribution is 5.86. The van der Waals surface area contributed by atoms with E-state index in [2.05, 4.69) is 0 Å². The van der Waals surface area contributed by atoms with Crippen LogP contribution in [0.3, 0.4) is 0 Å². The van der Waals surface area contributed by atoms with E-state index >= 15 is 0 Å². The van der Waals surface area contributed by atoms with Crippen LogP contribution in [0.4, 0.5) is 0 Å². The average Bonchev–Trinajstić information content (AvgIpc) is 2.47. The fraction of sp³-hybridized carbons (Fsp3) is 0.0625. The molecule has 0 fully saturated rings. The van der Waals surface area contributed by atoms with Gasteiger partial charge in [-0.1, -0.05) is 12.1 Å². The van der Waals surface area contributed by atoms with Gasteiger partial charge in [0, 0.05) is 11.1 Å². The number of aromatic hydroxyl groups is 3. The standard InChI is InChI=1S/C16H12O5/c1-8-12(17)6-5-10-14(19)11(7-21-16(8)10)9-3-2-4-13(18)15(9)20/h2-7,17-18,20H,1H3.